The molecule has 29 heavy (non-hydrogen) atoms. The van der Waals surface area contributed by atoms with Crippen LogP contribution in [0.2, 0.25) is 0 Å². The second-order valence-electron chi connectivity index (χ2n) is 7.41. The Morgan fingerprint density at radius 2 is 1.93 bits per heavy atom. The first-order valence-corrected chi connectivity index (χ1v) is 9.79. The molecule has 146 valence electrons. The predicted molar refractivity (Wildman–Crippen MR) is 108 cm³/mol. The lowest BCUT2D eigenvalue weighted by molar-refractivity contribution is -0.117. The van der Waals surface area contributed by atoms with Crippen LogP contribution in [0.4, 0.5) is 11.4 Å². The summed E-state index contributed by atoms with van der Waals surface area (Å²) in [6.07, 6.45) is 3.64. The Bertz CT molecular complexity index is 1070. The van der Waals surface area contributed by atoms with Crippen molar-refractivity contribution in [3.8, 4) is 11.4 Å². The van der Waals surface area contributed by atoms with E-state index >= 15 is 0 Å². The summed E-state index contributed by atoms with van der Waals surface area (Å²) in [5, 5.41) is 14.9. The highest BCUT2D eigenvalue weighted by molar-refractivity contribution is 6.05. The van der Waals surface area contributed by atoms with E-state index in [1.54, 1.807) is 17.0 Å². The molecule has 2 aliphatic rings. The van der Waals surface area contributed by atoms with Gasteiger partial charge in [-0.1, -0.05) is 12.1 Å². The van der Waals surface area contributed by atoms with Crippen molar-refractivity contribution in [2.24, 2.45) is 0 Å². The zero-order valence-corrected chi connectivity index (χ0v) is 15.8. The van der Waals surface area contributed by atoms with Crippen LogP contribution in [0.5, 0.6) is 0 Å². The minimum Gasteiger partial charge on any atom is -0.322 e. The molecule has 1 N–H and O–H groups in total. The van der Waals surface area contributed by atoms with Crippen molar-refractivity contribution in [2.75, 3.05) is 16.8 Å². The van der Waals surface area contributed by atoms with E-state index in [4.69, 9.17) is 0 Å². The summed E-state index contributed by atoms with van der Waals surface area (Å²) in [6.45, 7) is 0.734. The third-order valence-electron chi connectivity index (χ3n) is 5.28. The Balaban J connectivity index is 1.32. The van der Waals surface area contributed by atoms with E-state index in [2.05, 4.69) is 20.8 Å². The van der Waals surface area contributed by atoms with E-state index in [9.17, 15) is 9.59 Å². The van der Waals surface area contributed by atoms with Crippen molar-refractivity contribution in [2.45, 2.75) is 31.7 Å². The molecule has 1 saturated heterocycles. The molecular weight excluding hydrogens is 368 g/mol. The average molecular weight is 388 g/mol. The molecule has 0 unspecified atom stereocenters. The van der Waals surface area contributed by atoms with Crippen LogP contribution in [0.1, 0.15) is 42.1 Å². The van der Waals surface area contributed by atoms with Crippen LogP contribution in [-0.4, -0.2) is 38.6 Å². The maximum atomic E-state index is 12.7. The third kappa shape index (κ3) is 3.49. The molecule has 0 radical (unpaired) electrons. The molecular formula is C21H20N6O2. The summed E-state index contributed by atoms with van der Waals surface area (Å²) < 4.78 is 1.85. The van der Waals surface area contributed by atoms with Gasteiger partial charge < -0.3 is 10.2 Å². The van der Waals surface area contributed by atoms with Crippen molar-refractivity contribution in [3.05, 3.63) is 54.1 Å². The van der Waals surface area contributed by atoms with Crippen LogP contribution in [-0.2, 0) is 4.79 Å². The first kappa shape index (κ1) is 17.5. The highest BCUT2D eigenvalue weighted by Crippen LogP contribution is 2.36. The quantitative estimate of drug-likeness (QED) is 0.725. The van der Waals surface area contributed by atoms with Crippen molar-refractivity contribution < 1.29 is 9.59 Å². The Hall–Kier alpha value is -3.55. The van der Waals surface area contributed by atoms with Crippen molar-refractivity contribution in [3.63, 3.8) is 0 Å². The van der Waals surface area contributed by atoms with Gasteiger partial charge in [0.2, 0.25) is 5.91 Å². The van der Waals surface area contributed by atoms with Crippen LogP contribution in [0.25, 0.3) is 11.4 Å². The summed E-state index contributed by atoms with van der Waals surface area (Å²) in [7, 11) is 0. The van der Waals surface area contributed by atoms with Gasteiger partial charge in [0, 0.05) is 35.5 Å². The number of amides is 2. The number of carbonyl (C=O) groups excluding carboxylic acids is 2. The van der Waals surface area contributed by atoms with Gasteiger partial charge in [0.05, 0.1) is 6.04 Å². The van der Waals surface area contributed by atoms with Crippen LogP contribution >= 0.6 is 0 Å². The van der Waals surface area contributed by atoms with E-state index in [1.807, 2.05) is 41.1 Å². The number of nitrogens with one attached hydrogen (secondary N) is 1. The maximum Gasteiger partial charge on any atom is 0.255 e. The minimum atomic E-state index is -0.205. The third-order valence-corrected chi connectivity index (χ3v) is 5.28. The van der Waals surface area contributed by atoms with E-state index in [-0.39, 0.29) is 11.8 Å². The lowest BCUT2D eigenvalue weighted by atomic mass is 10.1. The largest absolute Gasteiger partial charge is 0.322 e. The lowest BCUT2D eigenvalue weighted by Crippen LogP contribution is -2.23. The molecule has 2 aromatic carbocycles. The highest BCUT2D eigenvalue weighted by atomic mass is 16.2. The Kier molecular flexibility index (Phi) is 4.31. The van der Waals surface area contributed by atoms with Gasteiger partial charge in [0.1, 0.15) is 0 Å². The smallest absolute Gasteiger partial charge is 0.255 e. The molecule has 2 fully saturated rings. The summed E-state index contributed by atoms with van der Waals surface area (Å²) in [5.41, 5.74) is 2.91. The Morgan fingerprint density at radius 3 is 2.66 bits per heavy atom. The first-order valence-electron chi connectivity index (χ1n) is 9.79. The molecule has 8 nitrogen and oxygen atoms in total. The maximum absolute atomic E-state index is 12.7. The second kappa shape index (κ2) is 7.12. The standard InChI is InChI=1S/C21H20N6O2/c28-19-5-2-12-26(19)17-8-6-14(7-9-17)21(29)22-16-4-1-3-15(13-16)20-23-24-25-27(20)18-10-11-18/h1,3-4,6-9,13,18H,2,5,10-12H2,(H,22,29). The summed E-state index contributed by atoms with van der Waals surface area (Å²) >= 11 is 0. The van der Waals surface area contributed by atoms with E-state index < -0.39 is 0 Å². The van der Waals surface area contributed by atoms with Gasteiger partial charge in [0.15, 0.2) is 5.82 Å². The number of benzene rings is 2. The van der Waals surface area contributed by atoms with E-state index in [1.165, 1.54) is 0 Å². The molecule has 0 atom stereocenters. The van der Waals surface area contributed by atoms with Gasteiger partial charge in [-0.15, -0.1) is 5.10 Å². The molecule has 8 heteroatoms. The zero-order valence-electron chi connectivity index (χ0n) is 15.8. The van der Waals surface area contributed by atoms with Gasteiger partial charge in [-0.3, -0.25) is 9.59 Å². The highest BCUT2D eigenvalue weighted by Gasteiger charge is 2.28. The van der Waals surface area contributed by atoms with Crippen LogP contribution in [0, 0.1) is 0 Å². The molecule has 5 rings (SSSR count). The second-order valence-corrected chi connectivity index (χ2v) is 7.41. The van der Waals surface area contributed by atoms with Gasteiger partial charge in [-0.2, -0.15) is 0 Å². The SMILES string of the molecule is O=C(Nc1cccc(-c2nnnn2C2CC2)c1)c1ccc(N2CCCC2=O)cc1. The average Bonchev–Trinajstić information content (AvgIpc) is 3.30. The van der Waals surface area contributed by atoms with Crippen molar-refractivity contribution >= 4 is 23.2 Å². The first-order chi connectivity index (χ1) is 14.2. The molecule has 1 aliphatic carbocycles. The van der Waals surface area contributed by atoms with Crippen LogP contribution < -0.4 is 10.2 Å². The van der Waals surface area contributed by atoms with Gasteiger partial charge >= 0.3 is 0 Å². The number of tetrazole rings is 1. The van der Waals surface area contributed by atoms with E-state index in [0.29, 0.717) is 29.5 Å². The number of rotatable bonds is 5. The van der Waals surface area contributed by atoms with Gasteiger partial charge in [-0.05, 0) is 66.1 Å². The monoisotopic (exact) mass is 388 g/mol. The molecule has 1 saturated carbocycles. The number of carbonyl (C=O) groups is 2. The van der Waals surface area contributed by atoms with E-state index in [0.717, 1.165) is 37.1 Å². The van der Waals surface area contributed by atoms with Gasteiger partial charge in [-0.25, -0.2) is 4.68 Å². The molecule has 1 aliphatic heterocycles. The number of aromatic nitrogens is 4. The number of anilines is 2. The molecule has 2 heterocycles. The summed E-state index contributed by atoms with van der Waals surface area (Å²) in [5.74, 6) is 0.638. The number of nitrogens with zero attached hydrogens (tertiary/aromatic N) is 5. The molecule has 2 amide bonds. The topological polar surface area (TPSA) is 93.0 Å². The fourth-order valence-corrected chi connectivity index (χ4v) is 3.60. The van der Waals surface area contributed by atoms with Crippen molar-refractivity contribution in [1.82, 2.24) is 20.2 Å². The Labute approximate surface area is 167 Å². The number of hydrogen-bond donors (Lipinski definition) is 1. The summed E-state index contributed by atoms with van der Waals surface area (Å²) in [4.78, 5) is 26.3. The Morgan fingerprint density at radius 1 is 1.10 bits per heavy atom. The van der Waals surface area contributed by atoms with Gasteiger partial charge in [0.25, 0.3) is 5.91 Å². The minimum absolute atomic E-state index is 0.132. The molecule has 0 bridgehead atoms. The van der Waals surface area contributed by atoms with Crippen molar-refractivity contribution in [1.29, 1.82) is 0 Å². The lowest BCUT2D eigenvalue weighted by Gasteiger charge is -2.15. The number of hydrogen-bond acceptors (Lipinski definition) is 5. The van der Waals surface area contributed by atoms with Crippen LogP contribution in [0.3, 0.4) is 0 Å². The normalized spacial score (nSPS) is 16.3. The van der Waals surface area contributed by atoms with Crippen LogP contribution in [0.15, 0.2) is 48.5 Å². The fourth-order valence-electron chi connectivity index (χ4n) is 3.60. The zero-order chi connectivity index (χ0) is 19.8. The summed E-state index contributed by atoms with van der Waals surface area (Å²) in [6, 6.07) is 15.0. The molecule has 3 aromatic rings. The predicted octanol–water partition coefficient (Wildman–Crippen LogP) is 3.05. The molecule has 1 aromatic heterocycles. The fraction of sp³-hybridized carbons (Fsp3) is 0.286. The molecule has 0 spiro atoms.